The largest absolute Gasteiger partial charge is 0.381 e. The molecule has 0 saturated carbocycles. The molecule has 1 N–H and O–H groups in total. The highest BCUT2D eigenvalue weighted by Crippen LogP contribution is 2.15. The zero-order valence-electron chi connectivity index (χ0n) is 8.59. The molecule has 0 aliphatic heterocycles. The number of anilines is 1. The van der Waals surface area contributed by atoms with Crippen molar-refractivity contribution in [2.24, 2.45) is 0 Å². The molecular formula is C12H17N. The molecule has 0 aliphatic carbocycles. The summed E-state index contributed by atoms with van der Waals surface area (Å²) in [6, 6.07) is 6.46. The first-order valence-corrected chi connectivity index (χ1v) is 4.66. The molecule has 0 fully saturated rings. The Morgan fingerprint density at radius 2 is 2.08 bits per heavy atom. The zero-order chi connectivity index (χ0) is 9.68. The number of rotatable bonds is 3. The first kappa shape index (κ1) is 9.85. The van der Waals surface area contributed by atoms with Crippen LogP contribution in [0.4, 0.5) is 5.69 Å². The fourth-order valence-corrected chi connectivity index (χ4v) is 1.30. The number of hydrogen-bond acceptors (Lipinski definition) is 1. The smallest absolute Gasteiger partial charge is 0.0372 e. The van der Waals surface area contributed by atoms with Crippen molar-refractivity contribution in [3.8, 4) is 0 Å². The first-order chi connectivity index (χ1) is 6.24. The summed E-state index contributed by atoms with van der Waals surface area (Å²) in [6.07, 6.45) is 4.16. The van der Waals surface area contributed by atoms with Gasteiger partial charge in [-0.25, -0.2) is 0 Å². The lowest BCUT2D eigenvalue weighted by Gasteiger charge is -2.07. The van der Waals surface area contributed by atoms with Crippen LogP contribution in [0.25, 0.3) is 0 Å². The third-order valence-electron chi connectivity index (χ3n) is 2.03. The number of hydrogen-bond donors (Lipinski definition) is 1. The molecule has 0 aromatic heterocycles. The Morgan fingerprint density at radius 1 is 1.31 bits per heavy atom. The van der Waals surface area contributed by atoms with Gasteiger partial charge in [0.1, 0.15) is 0 Å². The van der Waals surface area contributed by atoms with Gasteiger partial charge in [0.15, 0.2) is 0 Å². The second-order valence-corrected chi connectivity index (χ2v) is 3.27. The SMILES string of the molecule is CC=CCNc1ccc(C)cc1C. The highest BCUT2D eigenvalue weighted by atomic mass is 14.9. The highest BCUT2D eigenvalue weighted by Gasteiger charge is 1.94. The van der Waals surface area contributed by atoms with Gasteiger partial charge in [-0.3, -0.25) is 0 Å². The fourth-order valence-electron chi connectivity index (χ4n) is 1.30. The number of nitrogens with one attached hydrogen (secondary N) is 1. The molecule has 1 rings (SSSR count). The molecule has 13 heavy (non-hydrogen) atoms. The molecule has 0 radical (unpaired) electrons. The van der Waals surface area contributed by atoms with Crippen LogP contribution < -0.4 is 5.32 Å². The minimum absolute atomic E-state index is 0.903. The van der Waals surface area contributed by atoms with Gasteiger partial charge in [0, 0.05) is 12.2 Å². The van der Waals surface area contributed by atoms with E-state index >= 15 is 0 Å². The Balaban J connectivity index is 2.66. The topological polar surface area (TPSA) is 12.0 Å². The second-order valence-electron chi connectivity index (χ2n) is 3.27. The molecule has 1 nitrogen and oxygen atoms in total. The van der Waals surface area contributed by atoms with Crippen LogP contribution in [-0.2, 0) is 0 Å². The molecule has 0 heterocycles. The summed E-state index contributed by atoms with van der Waals surface area (Å²) in [5, 5.41) is 3.35. The molecule has 0 aliphatic rings. The Kier molecular flexibility index (Phi) is 3.56. The van der Waals surface area contributed by atoms with Gasteiger partial charge in [0.05, 0.1) is 0 Å². The normalized spacial score (nSPS) is 10.7. The summed E-state index contributed by atoms with van der Waals surface area (Å²) in [7, 11) is 0. The Hall–Kier alpha value is -1.24. The van der Waals surface area contributed by atoms with Gasteiger partial charge in [0.2, 0.25) is 0 Å². The van der Waals surface area contributed by atoms with E-state index in [4.69, 9.17) is 0 Å². The van der Waals surface area contributed by atoms with Crippen molar-refractivity contribution in [3.63, 3.8) is 0 Å². The Labute approximate surface area is 80.5 Å². The predicted molar refractivity (Wildman–Crippen MR) is 59.2 cm³/mol. The van der Waals surface area contributed by atoms with Crippen molar-refractivity contribution in [2.75, 3.05) is 11.9 Å². The van der Waals surface area contributed by atoms with E-state index in [0.717, 1.165) is 6.54 Å². The van der Waals surface area contributed by atoms with Gasteiger partial charge in [-0.2, -0.15) is 0 Å². The van der Waals surface area contributed by atoms with Crippen molar-refractivity contribution < 1.29 is 0 Å². The monoisotopic (exact) mass is 175 g/mol. The quantitative estimate of drug-likeness (QED) is 0.695. The van der Waals surface area contributed by atoms with E-state index in [1.165, 1.54) is 16.8 Å². The number of benzene rings is 1. The zero-order valence-corrected chi connectivity index (χ0v) is 8.59. The summed E-state index contributed by atoms with van der Waals surface area (Å²) in [5.74, 6) is 0. The maximum atomic E-state index is 3.35. The van der Waals surface area contributed by atoms with Crippen molar-refractivity contribution in [1.82, 2.24) is 0 Å². The molecule has 1 aromatic carbocycles. The number of aryl methyl sites for hydroxylation is 2. The van der Waals surface area contributed by atoms with E-state index in [0.29, 0.717) is 0 Å². The van der Waals surface area contributed by atoms with E-state index in [2.05, 4.69) is 49.5 Å². The summed E-state index contributed by atoms with van der Waals surface area (Å²) in [4.78, 5) is 0. The van der Waals surface area contributed by atoms with Gasteiger partial charge in [-0.15, -0.1) is 0 Å². The van der Waals surface area contributed by atoms with E-state index in [1.54, 1.807) is 0 Å². The first-order valence-electron chi connectivity index (χ1n) is 4.66. The highest BCUT2D eigenvalue weighted by molar-refractivity contribution is 5.52. The summed E-state index contributed by atoms with van der Waals surface area (Å²) in [5.41, 5.74) is 3.85. The third-order valence-corrected chi connectivity index (χ3v) is 2.03. The van der Waals surface area contributed by atoms with E-state index in [1.807, 2.05) is 6.92 Å². The van der Waals surface area contributed by atoms with Gasteiger partial charge >= 0.3 is 0 Å². The third kappa shape index (κ3) is 2.94. The Morgan fingerprint density at radius 3 is 2.69 bits per heavy atom. The van der Waals surface area contributed by atoms with Crippen LogP contribution in [0.5, 0.6) is 0 Å². The van der Waals surface area contributed by atoms with Crippen LogP contribution in [-0.4, -0.2) is 6.54 Å². The van der Waals surface area contributed by atoms with Crippen LogP contribution in [0.15, 0.2) is 30.4 Å². The fraction of sp³-hybridized carbons (Fsp3) is 0.333. The maximum Gasteiger partial charge on any atom is 0.0372 e. The lowest BCUT2D eigenvalue weighted by molar-refractivity contribution is 1.28. The molecule has 0 spiro atoms. The minimum atomic E-state index is 0.903. The average Bonchev–Trinajstić information content (AvgIpc) is 2.09. The summed E-state index contributed by atoms with van der Waals surface area (Å²) < 4.78 is 0. The molecule has 1 aromatic rings. The minimum Gasteiger partial charge on any atom is -0.381 e. The van der Waals surface area contributed by atoms with Gasteiger partial charge in [-0.05, 0) is 32.4 Å². The van der Waals surface area contributed by atoms with Crippen molar-refractivity contribution in [1.29, 1.82) is 0 Å². The summed E-state index contributed by atoms with van der Waals surface area (Å²) in [6.45, 7) is 7.18. The summed E-state index contributed by atoms with van der Waals surface area (Å²) >= 11 is 0. The van der Waals surface area contributed by atoms with Gasteiger partial charge < -0.3 is 5.32 Å². The second kappa shape index (κ2) is 4.70. The maximum absolute atomic E-state index is 3.35. The Bertz CT molecular complexity index is 300. The molecule has 0 bridgehead atoms. The average molecular weight is 175 g/mol. The molecule has 70 valence electrons. The van der Waals surface area contributed by atoms with Crippen LogP contribution in [0.3, 0.4) is 0 Å². The lowest BCUT2D eigenvalue weighted by Crippen LogP contribution is -1.99. The van der Waals surface area contributed by atoms with Crippen LogP contribution in [0.1, 0.15) is 18.1 Å². The van der Waals surface area contributed by atoms with Crippen LogP contribution in [0.2, 0.25) is 0 Å². The molecular weight excluding hydrogens is 158 g/mol. The molecule has 0 unspecified atom stereocenters. The van der Waals surface area contributed by atoms with E-state index in [9.17, 15) is 0 Å². The van der Waals surface area contributed by atoms with Crippen LogP contribution in [0, 0.1) is 13.8 Å². The molecule has 0 amide bonds. The van der Waals surface area contributed by atoms with Gasteiger partial charge in [0.25, 0.3) is 0 Å². The standard InChI is InChI=1S/C12H17N/c1-4-5-8-13-12-7-6-10(2)9-11(12)3/h4-7,9,13H,8H2,1-3H3. The van der Waals surface area contributed by atoms with Gasteiger partial charge in [-0.1, -0.05) is 29.8 Å². The van der Waals surface area contributed by atoms with Crippen molar-refractivity contribution in [3.05, 3.63) is 41.5 Å². The van der Waals surface area contributed by atoms with E-state index < -0.39 is 0 Å². The van der Waals surface area contributed by atoms with Crippen molar-refractivity contribution in [2.45, 2.75) is 20.8 Å². The lowest BCUT2D eigenvalue weighted by atomic mass is 10.1. The van der Waals surface area contributed by atoms with Crippen molar-refractivity contribution >= 4 is 5.69 Å². The predicted octanol–water partition coefficient (Wildman–Crippen LogP) is 3.29. The molecule has 0 atom stereocenters. The van der Waals surface area contributed by atoms with E-state index in [-0.39, 0.29) is 0 Å². The molecule has 1 heteroatoms. The van der Waals surface area contributed by atoms with Crippen LogP contribution >= 0.6 is 0 Å². The molecule has 0 saturated heterocycles. The number of allylic oxidation sites excluding steroid dienone is 1.